The van der Waals surface area contributed by atoms with Crippen molar-refractivity contribution in [3.63, 3.8) is 0 Å². The molecule has 0 saturated carbocycles. The van der Waals surface area contributed by atoms with E-state index in [0.29, 0.717) is 42.6 Å². The van der Waals surface area contributed by atoms with Gasteiger partial charge in [0.2, 0.25) is 0 Å². The molecular formula is C23H27F4N3O2. The van der Waals surface area contributed by atoms with Crippen LogP contribution < -0.4 is 4.74 Å². The average Bonchev–Trinajstić information content (AvgIpc) is 3.05. The second kappa shape index (κ2) is 8.86. The predicted molar refractivity (Wildman–Crippen MR) is 114 cm³/mol. The van der Waals surface area contributed by atoms with Gasteiger partial charge in [-0.15, -0.1) is 0 Å². The maximum atomic E-state index is 14.5. The third-order valence-corrected chi connectivity index (χ3v) is 6.22. The van der Waals surface area contributed by atoms with Crippen LogP contribution >= 0.6 is 0 Å². The largest absolute Gasteiger partial charge is 0.494 e. The zero-order chi connectivity index (χ0) is 23.0. The monoisotopic (exact) mass is 453 g/mol. The molecule has 32 heavy (non-hydrogen) atoms. The minimum atomic E-state index is -4.63. The van der Waals surface area contributed by atoms with Crippen LogP contribution in [0.15, 0.2) is 24.4 Å². The fraction of sp³-hybridized carbons (Fsp3) is 0.522. The fourth-order valence-corrected chi connectivity index (χ4v) is 4.77. The van der Waals surface area contributed by atoms with Gasteiger partial charge in [0, 0.05) is 48.2 Å². The first kappa shape index (κ1) is 22.8. The lowest BCUT2D eigenvalue weighted by Gasteiger charge is -2.40. The highest BCUT2D eigenvalue weighted by Crippen LogP contribution is 2.39. The standard InChI is InChI=1S/C23H27F4N3O2/c1-4-5-15-13-32-12-14(2)29(15)8-9-30-19-11-20(31-3)18(24)10-17(19)16-6-7-28-22(21(16)30)23(25,26)27/h6-7,10-11,14-15H,4-5,8-9,12-13H2,1-3H3. The van der Waals surface area contributed by atoms with Gasteiger partial charge in [-0.25, -0.2) is 9.37 Å². The van der Waals surface area contributed by atoms with E-state index in [-0.39, 0.29) is 23.3 Å². The van der Waals surface area contributed by atoms with Crippen molar-refractivity contribution in [2.75, 3.05) is 26.9 Å². The van der Waals surface area contributed by atoms with E-state index < -0.39 is 17.7 Å². The summed E-state index contributed by atoms with van der Waals surface area (Å²) in [7, 11) is 1.34. The van der Waals surface area contributed by atoms with Crippen LogP contribution in [0.25, 0.3) is 21.8 Å². The first-order valence-electron chi connectivity index (χ1n) is 10.8. The van der Waals surface area contributed by atoms with Crippen LogP contribution in [0.4, 0.5) is 17.6 Å². The second-order valence-corrected chi connectivity index (χ2v) is 8.28. The normalized spacial score (nSPS) is 20.3. The number of nitrogens with zero attached hydrogens (tertiary/aromatic N) is 3. The molecule has 0 amide bonds. The van der Waals surface area contributed by atoms with Crippen LogP contribution in [0.5, 0.6) is 5.75 Å². The van der Waals surface area contributed by atoms with Gasteiger partial charge in [0.05, 0.1) is 31.4 Å². The molecule has 4 rings (SSSR count). The topological polar surface area (TPSA) is 39.5 Å². The van der Waals surface area contributed by atoms with Gasteiger partial charge in [0.15, 0.2) is 17.3 Å². The first-order valence-corrected chi connectivity index (χ1v) is 10.8. The molecule has 0 spiro atoms. The SMILES string of the molecule is CCCC1COCC(C)N1CCn1c2cc(OC)c(F)cc2c2ccnc(C(F)(F)F)c21. The zero-order valence-electron chi connectivity index (χ0n) is 18.4. The lowest BCUT2D eigenvalue weighted by molar-refractivity contribution is -0.140. The Morgan fingerprint density at radius 1 is 1.19 bits per heavy atom. The number of ether oxygens (including phenoxy) is 2. The Hall–Kier alpha value is -2.39. The van der Waals surface area contributed by atoms with E-state index in [4.69, 9.17) is 9.47 Å². The summed E-state index contributed by atoms with van der Waals surface area (Å²) in [5.74, 6) is -0.624. The molecule has 5 nitrogen and oxygen atoms in total. The number of fused-ring (bicyclic) bond motifs is 3. The molecule has 3 heterocycles. The number of benzene rings is 1. The highest BCUT2D eigenvalue weighted by atomic mass is 19.4. The number of hydrogen-bond acceptors (Lipinski definition) is 4. The van der Waals surface area contributed by atoms with Crippen LogP contribution in [0.1, 0.15) is 32.4 Å². The van der Waals surface area contributed by atoms with Gasteiger partial charge in [-0.3, -0.25) is 4.90 Å². The molecule has 0 bridgehead atoms. The third kappa shape index (κ3) is 4.03. The smallest absolute Gasteiger partial charge is 0.435 e. The molecule has 1 aliphatic heterocycles. The number of hydrogen-bond donors (Lipinski definition) is 0. The number of morpholine rings is 1. The Morgan fingerprint density at radius 2 is 1.97 bits per heavy atom. The number of pyridine rings is 1. The van der Waals surface area contributed by atoms with Gasteiger partial charge >= 0.3 is 6.18 Å². The van der Waals surface area contributed by atoms with Crippen LogP contribution in [0.3, 0.4) is 0 Å². The van der Waals surface area contributed by atoms with E-state index in [1.165, 1.54) is 25.3 Å². The molecule has 1 aromatic carbocycles. The first-order chi connectivity index (χ1) is 15.3. The highest BCUT2D eigenvalue weighted by molar-refractivity contribution is 6.09. The van der Waals surface area contributed by atoms with Crippen LogP contribution in [-0.4, -0.2) is 53.4 Å². The van der Waals surface area contributed by atoms with E-state index in [1.807, 2.05) is 0 Å². The molecular weight excluding hydrogens is 426 g/mol. The Kier molecular flexibility index (Phi) is 6.31. The van der Waals surface area contributed by atoms with Crippen molar-refractivity contribution in [3.8, 4) is 5.75 Å². The van der Waals surface area contributed by atoms with Gasteiger partial charge in [-0.2, -0.15) is 13.2 Å². The molecule has 174 valence electrons. The lowest BCUT2D eigenvalue weighted by atomic mass is 10.1. The van der Waals surface area contributed by atoms with Crippen molar-refractivity contribution < 1.29 is 27.0 Å². The Labute approximate surface area is 183 Å². The summed E-state index contributed by atoms with van der Waals surface area (Å²) < 4.78 is 68.5. The molecule has 1 saturated heterocycles. The zero-order valence-corrected chi connectivity index (χ0v) is 18.4. The molecule has 0 aliphatic carbocycles. The predicted octanol–water partition coefficient (Wildman–Crippen LogP) is 5.25. The number of aromatic nitrogens is 2. The number of alkyl halides is 3. The summed E-state index contributed by atoms with van der Waals surface area (Å²) in [6.07, 6.45) is -1.57. The highest BCUT2D eigenvalue weighted by Gasteiger charge is 2.37. The van der Waals surface area contributed by atoms with E-state index >= 15 is 0 Å². The Balaban J connectivity index is 1.86. The minimum Gasteiger partial charge on any atom is -0.494 e. The van der Waals surface area contributed by atoms with Gasteiger partial charge in [-0.1, -0.05) is 13.3 Å². The van der Waals surface area contributed by atoms with Crippen molar-refractivity contribution in [1.29, 1.82) is 0 Å². The van der Waals surface area contributed by atoms with E-state index in [0.717, 1.165) is 19.0 Å². The summed E-state index contributed by atoms with van der Waals surface area (Å²) in [6.45, 7) is 6.21. The van der Waals surface area contributed by atoms with Gasteiger partial charge in [-0.05, 0) is 25.5 Å². The van der Waals surface area contributed by atoms with Crippen molar-refractivity contribution in [3.05, 3.63) is 35.9 Å². The Bertz CT molecular complexity index is 1110. The molecule has 2 atom stereocenters. The van der Waals surface area contributed by atoms with Crippen LogP contribution in [-0.2, 0) is 17.5 Å². The summed E-state index contributed by atoms with van der Waals surface area (Å²) in [5, 5.41) is 0.732. The van der Waals surface area contributed by atoms with Crippen molar-refractivity contribution in [2.45, 2.75) is 51.5 Å². The van der Waals surface area contributed by atoms with Crippen molar-refractivity contribution in [1.82, 2.24) is 14.5 Å². The fourth-order valence-electron chi connectivity index (χ4n) is 4.77. The number of rotatable bonds is 6. The molecule has 9 heteroatoms. The summed E-state index contributed by atoms with van der Waals surface area (Å²) in [4.78, 5) is 5.95. The molecule has 2 aromatic heterocycles. The van der Waals surface area contributed by atoms with Gasteiger partial charge in [0.25, 0.3) is 0 Å². The summed E-state index contributed by atoms with van der Waals surface area (Å²) >= 11 is 0. The number of methoxy groups -OCH3 is 1. The third-order valence-electron chi connectivity index (χ3n) is 6.22. The van der Waals surface area contributed by atoms with Crippen molar-refractivity contribution >= 4 is 21.8 Å². The van der Waals surface area contributed by atoms with Crippen molar-refractivity contribution in [2.24, 2.45) is 0 Å². The minimum absolute atomic E-state index is 0.00771. The summed E-state index contributed by atoms with van der Waals surface area (Å²) in [5.41, 5.74) is -0.508. The quantitative estimate of drug-likeness (QED) is 0.479. The van der Waals surface area contributed by atoms with Gasteiger partial charge < -0.3 is 14.0 Å². The molecule has 1 fully saturated rings. The average molecular weight is 453 g/mol. The van der Waals surface area contributed by atoms with Crippen LogP contribution in [0, 0.1) is 5.82 Å². The molecule has 0 N–H and O–H groups in total. The van der Waals surface area contributed by atoms with E-state index in [1.54, 1.807) is 4.57 Å². The molecule has 1 aliphatic rings. The molecule has 3 aromatic rings. The maximum Gasteiger partial charge on any atom is 0.435 e. The molecule has 0 radical (unpaired) electrons. The van der Waals surface area contributed by atoms with Crippen LogP contribution in [0.2, 0.25) is 0 Å². The lowest BCUT2D eigenvalue weighted by Crippen LogP contribution is -2.51. The Morgan fingerprint density at radius 3 is 2.66 bits per heavy atom. The number of halogens is 4. The second-order valence-electron chi connectivity index (χ2n) is 8.28. The van der Waals surface area contributed by atoms with E-state index in [2.05, 4.69) is 23.7 Å². The van der Waals surface area contributed by atoms with E-state index in [9.17, 15) is 17.6 Å². The summed E-state index contributed by atoms with van der Waals surface area (Å²) in [6, 6.07) is 4.58. The van der Waals surface area contributed by atoms with Gasteiger partial charge in [0.1, 0.15) is 0 Å². The maximum absolute atomic E-state index is 14.5. The molecule has 2 unspecified atom stereocenters.